The first-order valence-electron chi connectivity index (χ1n) is 6.40. The van der Waals surface area contributed by atoms with E-state index in [2.05, 4.69) is 6.58 Å². The third-order valence-corrected chi connectivity index (χ3v) is 4.63. The van der Waals surface area contributed by atoms with Gasteiger partial charge in [0.1, 0.15) is 0 Å². The second-order valence-electron chi connectivity index (χ2n) is 4.48. The maximum atomic E-state index is 12.4. The summed E-state index contributed by atoms with van der Waals surface area (Å²) in [5, 5.41) is 4.04. The highest BCUT2D eigenvalue weighted by Crippen LogP contribution is 2.18. The van der Waals surface area contributed by atoms with Gasteiger partial charge in [-0.25, -0.2) is 0 Å². The van der Waals surface area contributed by atoms with Crippen LogP contribution in [-0.4, -0.2) is 16.8 Å². The molecule has 1 amide bonds. The van der Waals surface area contributed by atoms with Crippen LogP contribution in [0.3, 0.4) is 0 Å². The summed E-state index contributed by atoms with van der Waals surface area (Å²) in [6.45, 7) is 4.87. The molecule has 2 aromatic heterocycles. The van der Waals surface area contributed by atoms with Gasteiger partial charge in [0.15, 0.2) is 0 Å². The number of rotatable bonds is 7. The lowest BCUT2D eigenvalue weighted by molar-refractivity contribution is -0.133. The Morgan fingerprint density at radius 2 is 1.80 bits per heavy atom. The van der Waals surface area contributed by atoms with Crippen molar-refractivity contribution >= 4 is 28.6 Å². The predicted octanol–water partition coefficient (Wildman–Crippen LogP) is 3.24. The summed E-state index contributed by atoms with van der Waals surface area (Å²) in [6.07, 6.45) is 2.20. The van der Waals surface area contributed by atoms with Crippen LogP contribution >= 0.6 is 22.7 Å². The van der Waals surface area contributed by atoms with Crippen LogP contribution in [0.25, 0.3) is 0 Å². The summed E-state index contributed by atoms with van der Waals surface area (Å²) < 4.78 is 0. The summed E-state index contributed by atoms with van der Waals surface area (Å²) >= 11 is 3.31. The summed E-state index contributed by atoms with van der Waals surface area (Å²) in [4.78, 5) is 16.6. The minimum atomic E-state index is -0.507. The van der Waals surface area contributed by atoms with Gasteiger partial charge in [0, 0.05) is 9.75 Å². The van der Waals surface area contributed by atoms with E-state index < -0.39 is 6.04 Å². The van der Waals surface area contributed by atoms with Gasteiger partial charge in [-0.2, -0.15) is 0 Å². The van der Waals surface area contributed by atoms with Crippen LogP contribution in [0.4, 0.5) is 0 Å². The predicted molar refractivity (Wildman–Crippen MR) is 85.7 cm³/mol. The van der Waals surface area contributed by atoms with Crippen molar-refractivity contribution in [3.05, 3.63) is 57.4 Å². The van der Waals surface area contributed by atoms with E-state index >= 15 is 0 Å². The molecule has 1 atom stereocenters. The molecule has 1 unspecified atom stereocenters. The Kier molecular flexibility index (Phi) is 5.52. The molecule has 0 fully saturated rings. The first kappa shape index (κ1) is 15.0. The van der Waals surface area contributed by atoms with E-state index in [1.54, 1.807) is 28.7 Å². The van der Waals surface area contributed by atoms with Crippen molar-refractivity contribution in [3.63, 3.8) is 0 Å². The van der Waals surface area contributed by atoms with Crippen LogP contribution in [0, 0.1) is 0 Å². The van der Waals surface area contributed by atoms with E-state index in [4.69, 9.17) is 5.73 Å². The molecule has 0 saturated heterocycles. The number of nitrogens with two attached hydrogens (primary N) is 1. The molecule has 106 valence electrons. The molecule has 0 aromatic carbocycles. The van der Waals surface area contributed by atoms with Crippen LogP contribution < -0.4 is 5.73 Å². The fourth-order valence-electron chi connectivity index (χ4n) is 1.91. The molecule has 0 radical (unpaired) electrons. The standard InChI is InChI=1S/C15H18N2OS2/c1-2-5-14(16)15(18)17(10-12-6-3-8-19-12)11-13-7-4-9-20-13/h2-4,6-9,14H,1,5,10-11,16H2. The van der Waals surface area contributed by atoms with E-state index in [0.29, 0.717) is 19.5 Å². The normalized spacial score (nSPS) is 12.1. The Morgan fingerprint density at radius 3 is 2.20 bits per heavy atom. The number of hydrogen-bond acceptors (Lipinski definition) is 4. The Bertz CT molecular complexity index is 498. The average molecular weight is 306 g/mol. The van der Waals surface area contributed by atoms with Crippen LogP contribution in [-0.2, 0) is 17.9 Å². The van der Waals surface area contributed by atoms with E-state index in [0.717, 1.165) is 0 Å². The third kappa shape index (κ3) is 4.03. The molecule has 0 aliphatic rings. The van der Waals surface area contributed by atoms with Crippen molar-refractivity contribution < 1.29 is 4.79 Å². The largest absolute Gasteiger partial charge is 0.331 e. The minimum Gasteiger partial charge on any atom is -0.331 e. The number of hydrogen-bond donors (Lipinski definition) is 1. The zero-order chi connectivity index (χ0) is 14.4. The maximum absolute atomic E-state index is 12.4. The number of amides is 1. The van der Waals surface area contributed by atoms with Crippen molar-refractivity contribution in [2.45, 2.75) is 25.6 Å². The smallest absolute Gasteiger partial charge is 0.240 e. The molecule has 0 spiro atoms. The van der Waals surface area contributed by atoms with Gasteiger partial charge in [0.25, 0.3) is 0 Å². The molecule has 2 heterocycles. The van der Waals surface area contributed by atoms with Gasteiger partial charge < -0.3 is 10.6 Å². The number of thiophene rings is 2. The molecule has 0 bridgehead atoms. The summed E-state index contributed by atoms with van der Waals surface area (Å²) in [6, 6.07) is 7.57. The highest BCUT2D eigenvalue weighted by atomic mass is 32.1. The van der Waals surface area contributed by atoms with Crippen molar-refractivity contribution in [1.82, 2.24) is 4.90 Å². The molecule has 5 heteroatoms. The van der Waals surface area contributed by atoms with E-state index in [9.17, 15) is 4.79 Å². The lowest BCUT2D eigenvalue weighted by Gasteiger charge is -2.24. The quantitative estimate of drug-likeness (QED) is 0.798. The first-order chi connectivity index (χ1) is 9.70. The van der Waals surface area contributed by atoms with Gasteiger partial charge in [-0.3, -0.25) is 4.79 Å². The third-order valence-electron chi connectivity index (χ3n) is 2.90. The zero-order valence-corrected chi connectivity index (χ0v) is 12.8. The van der Waals surface area contributed by atoms with Crippen LogP contribution in [0.1, 0.15) is 16.2 Å². The SMILES string of the molecule is C=CCC(N)C(=O)N(Cc1cccs1)Cc1cccs1. The summed E-state index contributed by atoms with van der Waals surface area (Å²) in [5.74, 6) is -0.0216. The van der Waals surface area contributed by atoms with Crippen molar-refractivity contribution in [2.75, 3.05) is 0 Å². The Labute approximate surface area is 127 Å². The number of nitrogens with zero attached hydrogens (tertiary/aromatic N) is 1. The fraction of sp³-hybridized carbons (Fsp3) is 0.267. The van der Waals surface area contributed by atoms with Gasteiger partial charge in [-0.1, -0.05) is 18.2 Å². The molecule has 2 aromatic rings. The van der Waals surface area contributed by atoms with Crippen LogP contribution in [0.15, 0.2) is 47.7 Å². The second-order valence-corrected chi connectivity index (χ2v) is 6.55. The molecule has 2 rings (SSSR count). The topological polar surface area (TPSA) is 46.3 Å². The second kappa shape index (κ2) is 7.38. The molecule has 2 N–H and O–H groups in total. The summed E-state index contributed by atoms with van der Waals surface area (Å²) in [7, 11) is 0. The van der Waals surface area contributed by atoms with Gasteiger partial charge in [0.05, 0.1) is 19.1 Å². The molecular weight excluding hydrogens is 288 g/mol. The first-order valence-corrected chi connectivity index (χ1v) is 8.16. The maximum Gasteiger partial charge on any atom is 0.240 e. The molecule has 0 saturated carbocycles. The van der Waals surface area contributed by atoms with Crippen LogP contribution in [0.2, 0.25) is 0 Å². The number of carbonyl (C=O) groups excluding carboxylic acids is 1. The van der Waals surface area contributed by atoms with Crippen LogP contribution in [0.5, 0.6) is 0 Å². The lowest BCUT2D eigenvalue weighted by Crippen LogP contribution is -2.42. The fourth-order valence-corrected chi connectivity index (χ4v) is 3.35. The zero-order valence-electron chi connectivity index (χ0n) is 11.2. The Hall–Kier alpha value is -1.43. The monoisotopic (exact) mass is 306 g/mol. The van der Waals surface area contributed by atoms with E-state index in [1.165, 1.54) is 9.75 Å². The van der Waals surface area contributed by atoms with E-state index in [-0.39, 0.29) is 5.91 Å². The van der Waals surface area contributed by atoms with E-state index in [1.807, 2.05) is 39.9 Å². The van der Waals surface area contributed by atoms with Gasteiger partial charge in [0.2, 0.25) is 5.91 Å². The summed E-state index contributed by atoms with van der Waals surface area (Å²) in [5.41, 5.74) is 5.93. The highest BCUT2D eigenvalue weighted by molar-refractivity contribution is 7.10. The Balaban J connectivity index is 2.10. The molecule has 0 aliphatic carbocycles. The number of carbonyl (C=O) groups is 1. The Morgan fingerprint density at radius 1 is 1.25 bits per heavy atom. The molecular formula is C15H18N2OS2. The van der Waals surface area contributed by atoms with Gasteiger partial charge >= 0.3 is 0 Å². The average Bonchev–Trinajstić information content (AvgIpc) is 3.10. The van der Waals surface area contributed by atoms with Crippen molar-refractivity contribution in [3.8, 4) is 0 Å². The molecule has 3 nitrogen and oxygen atoms in total. The van der Waals surface area contributed by atoms with Gasteiger partial charge in [-0.05, 0) is 29.3 Å². The van der Waals surface area contributed by atoms with Crippen molar-refractivity contribution in [1.29, 1.82) is 0 Å². The lowest BCUT2D eigenvalue weighted by atomic mass is 10.2. The highest BCUT2D eigenvalue weighted by Gasteiger charge is 2.21. The van der Waals surface area contributed by atoms with Crippen molar-refractivity contribution in [2.24, 2.45) is 5.73 Å². The minimum absolute atomic E-state index is 0.0216. The van der Waals surface area contributed by atoms with Gasteiger partial charge in [-0.15, -0.1) is 29.3 Å². The molecule has 0 aliphatic heterocycles. The molecule has 20 heavy (non-hydrogen) atoms.